The Hall–Kier alpha value is -2.83. The normalized spacial score (nSPS) is 13.1. The highest BCUT2D eigenvalue weighted by Gasteiger charge is 2.37. The number of carbonyl (C=O) groups excluding carboxylic acids is 1. The molecule has 1 atom stereocenters. The van der Waals surface area contributed by atoms with Crippen molar-refractivity contribution in [3.8, 4) is 0 Å². The Labute approximate surface area is 153 Å². The predicted octanol–water partition coefficient (Wildman–Crippen LogP) is 2.83. The molecule has 0 saturated carbocycles. The summed E-state index contributed by atoms with van der Waals surface area (Å²) in [5.74, 6) is -1.15. The number of nitrogens with zero attached hydrogens (tertiary/aromatic N) is 2. The van der Waals surface area contributed by atoms with Gasteiger partial charge in [0, 0.05) is 5.69 Å². The molecule has 0 aliphatic carbocycles. The number of aliphatic carboxylic acids is 1. The molecular weight excluding hydrogens is 334 g/mol. The second-order valence-corrected chi connectivity index (χ2v) is 6.48. The lowest BCUT2D eigenvalue weighted by atomic mass is 10.0. The van der Waals surface area contributed by atoms with Gasteiger partial charge in [0.2, 0.25) is 0 Å². The lowest BCUT2D eigenvalue weighted by molar-refractivity contribution is -0.144. The van der Waals surface area contributed by atoms with E-state index in [0.29, 0.717) is 0 Å². The van der Waals surface area contributed by atoms with Gasteiger partial charge in [0.1, 0.15) is 6.61 Å². The number of carboxylic acids is 1. The van der Waals surface area contributed by atoms with Gasteiger partial charge < -0.3 is 15.2 Å². The third-order valence-electron chi connectivity index (χ3n) is 4.41. The van der Waals surface area contributed by atoms with Crippen LogP contribution in [-0.2, 0) is 29.1 Å². The molecule has 0 fully saturated rings. The number of amides is 1. The van der Waals surface area contributed by atoms with E-state index in [-0.39, 0.29) is 13.2 Å². The quantitative estimate of drug-likeness (QED) is 0.793. The van der Waals surface area contributed by atoms with E-state index < -0.39 is 17.6 Å². The van der Waals surface area contributed by atoms with Crippen LogP contribution in [-0.4, -0.2) is 32.5 Å². The number of ether oxygens (including phenoxy) is 1. The molecule has 1 aromatic carbocycles. The Morgan fingerprint density at radius 1 is 1.27 bits per heavy atom. The first-order chi connectivity index (χ1) is 12.3. The topological polar surface area (TPSA) is 93.5 Å². The van der Waals surface area contributed by atoms with Gasteiger partial charge in [0.15, 0.2) is 5.54 Å². The highest BCUT2D eigenvalue weighted by atomic mass is 16.5. The molecule has 1 aromatic heterocycles. The molecule has 140 valence electrons. The van der Waals surface area contributed by atoms with Gasteiger partial charge in [0.05, 0.1) is 12.2 Å². The van der Waals surface area contributed by atoms with Crippen molar-refractivity contribution in [3.63, 3.8) is 0 Å². The van der Waals surface area contributed by atoms with Crippen molar-refractivity contribution in [2.45, 2.75) is 52.8 Å². The zero-order chi connectivity index (χ0) is 19.3. The standard InChI is InChI=1S/C19H25N3O4/c1-5-16-13(2)21-22(14(16)3)12-19(4,17(23)24)20-18(25)26-11-15-9-7-6-8-10-15/h6-10H,5,11-12H2,1-4H3,(H,20,25)(H,23,24). The molecule has 0 aliphatic rings. The van der Waals surface area contributed by atoms with E-state index in [9.17, 15) is 14.7 Å². The second kappa shape index (κ2) is 8.03. The van der Waals surface area contributed by atoms with Crippen molar-refractivity contribution < 1.29 is 19.4 Å². The lowest BCUT2D eigenvalue weighted by Crippen LogP contribution is -2.55. The molecule has 0 aliphatic heterocycles. The van der Waals surface area contributed by atoms with Crippen LogP contribution in [0.4, 0.5) is 4.79 Å². The number of carboxylic acid groups (broad SMARTS) is 1. The molecule has 2 N–H and O–H groups in total. The summed E-state index contributed by atoms with van der Waals surface area (Å²) in [6.45, 7) is 7.34. The molecule has 0 radical (unpaired) electrons. The van der Waals surface area contributed by atoms with Gasteiger partial charge in [-0.05, 0) is 38.3 Å². The average Bonchev–Trinajstić information content (AvgIpc) is 2.86. The molecule has 1 unspecified atom stereocenters. The molecule has 26 heavy (non-hydrogen) atoms. The van der Waals surface area contributed by atoms with Crippen molar-refractivity contribution in [1.29, 1.82) is 0 Å². The van der Waals surface area contributed by atoms with Crippen LogP contribution in [0.1, 0.15) is 36.4 Å². The van der Waals surface area contributed by atoms with E-state index in [1.54, 1.807) is 4.68 Å². The molecule has 0 saturated heterocycles. The number of rotatable bonds is 7. The van der Waals surface area contributed by atoms with Gasteiger partial charge >= 0.3 is 12.1 Å². The Balaban J connectivity index is 2.09. The molecule has 7 nitrogen and oxygen atoms in total. The van der Waals surface area contributed by atoms with Crippen molar-refractivity contribution in [2.24, 2.45) is 0 Å². The van der Waals surface area contributed by atoms with E-state index in [4.69, 9.17) is 4.74 Å². The second-order valence-electron chi connectivity index (χ2n) is 6.48. The molecule has 7 heteroatoms. The molecule has 1 amide bonds. The fourth-order valence-corrected chi connectivity index (χ4v) is 2.84. The maximum Gasteiger partial charge on any atom is 0.408 e. The zero-order valence-electron chi connectivity index (χ0n) is 15.6. The summed E-state index contributed by atoms with van der Waals surface area (Å²) in [5, 5.41) is 16.5. The highest BCUT2D eigenvalue weighted by Crippen LogP contribution is 2.17. The molecule has 0 spiro atoms. The van der Waals surface area contributed by atoms with Crippen molar-refractivity contribution in [3.05, 3.63) is 52.8 Å². The van der Waals surface area contributed by atoms with Crippen molar-refractivity contribution in [2.75, 3.05) is 0 Å². The number of aromatic nitrogens is 2. The highest BCUT2D eigenvalue weighted by molar-refractivity contribution is 5.83. The summed E-state index contributed by atoms with van der Waals surface area (Å²) in [4.78, 5) is 23.9. The fraction of sp³-hybridized carbons (Fsp3) is 0.421. The first kappa shape index (κ1) is 19.5. The van der Waals surface area contributed by atoms with Crippen LogP contribution < -0.4 is 5.32 Å². The van der Waals surface area contributed by atoms with Gasteiger partial charge in [-0.15, -0.1) is 0 Å². The van der Waals surface area contributed by atoms with Crippen LogP contribution in [0.25, 0.3) is 0 Å². The van der Waals surface area contributed by atoms with E-state index in [2.05, 4.69) is 10.4 Å². The molecule has 0 bridgehead atoms. The van der Waals surface area contributed by atoms with Gasteiger partial charge in [-0.1, -0.05) is 37.3 Å². The third kappa shape index (κ3) is 4.41. The molecule has 1 heterocycles. The fourth-order valence-electron chi connectivity index (χ4n) is 2.84. The number of aryl methyl sites for hydroxylation is 1. The Morgan fingerprint density at radius 2 is 1.92 bits per heavy atom. The zero-order valence-corrected chi connectivity index (χ0v) is 15.6. The summed E-state index contributed by atoms with van der Waals surface area (Å²) < 4.78 is 6.77. The summed E-state index contributed by atoms with van der Waals surface area (Å²) in [6, 6.07) is 9.19. The number of hydrogen-bond acceptors (Lipinski definition) is 4. The van der Waals surface area contributed by atoms with Crippen LogP contribution in [0.3, 0.4) is 0 Å². The first-order valence-electron chi connectivity index (χ1n) is 8.52. The number of hydrogen-bond donors (Lipinski definition) is 2. The predicted molar refractivity (Wildman–Crippen MR) is 96.9 cm³/mol. The summed E-state index contributed by atoms with van der Waals surface area (Å²) in [6.07, 6.45) is 0.0320. The smallest absolute Gasteiger partial charge is 0.408 e. The van der Waals surface area contributed by atoms with Gasteiger partial charge in [-0.2, -0.15) is 5.10 Å². The van der Waals surface area contributed by atoms with E-state index in [0.717, 1.165) is 28.9 Å². The monoisotopic (exact) mass is 359 g/mol. The molecule has 2 rings (SSSR count). The maximum atomic E-state index is 12.1. The van der Waals surface area contributed by atoms with Crippen LogP contribution in [0, 0.1) is 13.8 Å². The lowest BCUT2D eigenvalue weighted by Gasteiger charge is -2.26. The molecular formula is C19H25N3O4. The minimum Gasteiger partial charge on any atom is -0.479 e. The van der Waals surface area contributed by atoms with Crippen LogP contribution >= 0.6 is 0 Å². The average molecular weight is 359 g/mol. The number of alkyl carbamates (subject to hydrolysis) is 1. The largest absolute Gasteiger partial charge is 0.479 e. The van der Waals surface area contributed by atoms with Gasteiger partial charge in [0.25, 0.3) is 0 Å². The van der Waals surface area contributed by atoms with Crippen LogP contribution in [0.15, 0.2) is 30.3 Å². The number of nitrogens with one attached hydrogen (secondary N) is 1. The number of carbonyl (C=O) groups is 2. The minimum atomic E-state index is -1.54. The van der Waals surface area contributed by atoms with E-state index >= 15 is 0 Å². The minimum absolute atomic E-state index is 0.00937. The maximum absolute atomic E-state index is 12.1. The van der Waals surface area contributed by atoms with Crippen LogP contribution in [0.2, 0.25) is 0 Å². The Bertz CT molecular complexity index is 786. The summed E-state index contributed by atoms with van der Waals surface area (Å²) in [7, 11) is 0. The van der Waals surface area contributed by atoms with Crippen molar-refractivity contribution >= 4 is 12.1 Å². The SMILES string of the molecule is CCc1c(C)nn(CC(C)(NC(=O)OCc2ccccc2)C(=O)O)c1C. The van der Waals surface area contributed by atoms with Gasteiger partial charge in [-0.3, -0.25) is 4.68 Å². The third-order valence-corrected chi connectivity index (χ3v) is 4.41. The number of benzene rings is 1. The van der Waals surface area contributed by atoms with E-state index in [1.165, 1.54) is 6.92 Å². The first-order valence-corrected chi connectivity index (χ1v) is 8.52. The molecule has 2 aromatic rings. The van der Waals surface area contributed by atoms with E-state index in [1.807, 2.05) is 51.1 Å². The van der Waals surface area contributed by atoms with Crippen LogP contribution in [0.5, 0.6) is 0 Å². The Morgan fingerprint density at radius 3 is 2.46 bits per heavy atom. The van der Waals surface area contributed by atoms with Gasteiger partial charge in [-0.25, -0.2) is 9.59 Å². The van der Waals surface area contributed by atoms with Crippen molar-refractivity contribution in [1.82, 2.24) is 15.1 Å². The summed E-state index contributed by atoms with van der Waals surface area (Å²) in [5.41, 5.74) is 2.14. The Kier molecular flexibility index (Phi) is 6.02. The summed E-state index contributed by atoms with van der Waals surface area (Å²) >= 11 is 0.